The number of carbonyl (C=O) groups excluding carboxylic acids is 2. The van der Waals surface area contributed by atoms with Crippen LogP contribution >= 0.6 is 0 Å². The molecule has 0 aromatic carbocycles. The van der Waals surface area contributed by atoms with Crippen LogP contribution in [0.3, 0.4) is 0 Å². The molecular formula is C18H18N4O3. The Morgan fingerprint density at radius 1 is 1.48 bits per heavy atom. The Balaban J connectivity index is 1.45. The fraction of sp³-hybridized carbons (Fsp3) is 0.278. The van der Waals surface area contributed by atoms with E-state index in [-0.39, 0.29) is 24.2 Å². The maximum Gasteiger partial charge on any atom is 0.229 e. The van der Waals surface area contributed by atoms with Crippen molar-refractivity contribution in [2.75, 3.05) is 11.9 Å². The molecule has 1 aliphatic heterocycles. The third-order valence-corrected chi connectivity index (χ3v) is 4.63. The normalized spacial score (nSPS) is 17.4. The number of rotatable bonds is 4. The second kappa shape index (κ2) is 6.08. The lowest BCUT2D eigenvalue weighted by Crippen LogP contribution is -2.28. The molecule has 4 rings (SSSR count). The highest BCUT2D eigenvalue weighted by Gasteiger charge is 2.34. The van der Waals surface area contributed by atoms with Gasteiger partial charge in [0.05, 0.1) is 30.6 Å². The van der Waals surface area contributed by atoms with E-state index >= 15 is 0 Å². The van der Waals surface area contributed by atoms with Crippen molar-refractivity contribution in [3.05, 3.63) is 48.2 Å². The SMILES string of the molecule is Cc1c(NC(=O)C2CC(=O)N(Cc3ccco3)C2)cnc2[nH]ccc12. The first-order valence-electron chi connectivity index (χ1n) is 8.15. The number of nitrogens with one attached hydrogen (secondary N) is 2. The summed E-state index contributed by atoms with van der Waals surface area (Å²) in [5.41, 5.74) is 2.42. The summed E-state index contributed by atoms with van der Waals surface area (Å²) in [5, 5.41) is 3.89. The summed E-state index contributed by atoms with van der Waals surface area (Å²) in [6, 6.07) is 5.53. The van der Waals surface area contributed by atoms with Crippen molar-refractivity contribution in [3.63, 3.8) is 0 Å². The molecule has 4 heterocycles. The van der Waals surface area contributed by atoms with E-state index in [1.165, 1.54) is 0 Å². The Kier molecular flexibility index (Phi) is 3.76. The second-order valence-corrected chi connectivity index (χ2v) is 6.28. The number of nitrogens with zero attached hydrogens (tertiary/aromatic N) is 2. The van der Waals surface area contributed by atoms with Crippen LogP contribution in [0.4, 0.5) is 5.69 Å². The van der Waals surface area contributed by atoms with Gasteiger partial charge < -0.3 is 19.6 Å². The molecule has 25 heavy (non-hydrogen) atoms. The molecule has 2 N–H and O–H groups in total. The number of H-pyrrole nitrogens is 1. The van der Waals surface area contributed by atoms with Gasteiger partial charge in [0.1, 0.15) is 11.4 Å². The fourth-order valence-corrected chi connectivity index (χ4v) is 3.19. The number of hydrogen-bond acceptors (Lipinski definition) is 4. The first-order chi connectivity index (χ1) is 12.1. The van der Waals surface area contributed by atoms with E-state index in [0.717, 1.165) is 16.6 Å². The average Bonchev–Trinajstić information content (AvgIpc) is 3.32. The zero-order valence-electron chi connectivity index (χ0n) is 13.8. The molecule has 1 saturated heterocycles. The number of amides is 2. The smallest absolute Gasteiger partial charge is 0.229 e. The maximum absolute atomic E-state index is 12.6. The minimum absolute atomic E-state index is 0.0347. The van der Waals surface area contributed by atoms with Crippen molar-refractivity contribution in [1.82, 2.24) is 14.9 Å². The minimum atomic E-state index is -0.371. The molecule has 7 heteroatoms. The molecule has 1 unspecified atom stereocenters. The van der Waals surface area contributed by atoms with E-state index in [1.807, 2.05) is 25.3 Å². The predicted octanol–water partition coefficient (Wildman–Crippen LogP) is 2.45. The van der Waals surface area contributed by atoms with E-state index in [0.29, 0.717) is 24.5 Å². The van der Waals surface area contributed by atoms with Gasteiger partial charge in [0.2, 0.25) is 11.8 Å². The number of aromatic nitrogens is 2. The molecule has 0 bridgehead atoms. The van der Waals surface area contributed by atoms with E-state index in [4.69, 9.17) is 4.42 Å². The lowest BCUT2D eigenvalue weighted by molar-refractivity contribution is -0.128. The minimum Gasteiger partial charge on any atom is -0.467 e. The zero-order chi connectivity index (χ0) is 17.4. The molecule has 7 nitrogen and oxygen atoms in total. The largest absolute Gasteiger partial charge is 0.467 e. The summed E-state index contributed by atoms with van der Waals surface area (Å²) < 4.78 is 5.28. The number of aryl methyl sites for hydroxylation is 1. The van der Waals surface area contributed by atoms with Gasteiger partial charge >= 0.3 is 0 Å². The molecule has 128 valence electrons. The van der Waals surface area contributed by atoms with Crippen molar-refractivity contribution in [3.8, 4) is 0 Å². The molecule has 1 aliphatic rings. The van der Waals surface area contributed by atoms with Gasteiger partial charge in [-0.3, -0.25) is 9.59 Å². The molecule has 3 aromatic heterocycles. The van der Waals surface area contributed by atoms with E-state index in [2.05, 4.69) is 15.3 Å². The molecule has 0 radical (unpaired) electrons. The fourth-order valence-electron chi connectivity index (χ4n) is 3.19. The second-order valence-electron chi connectivity index (χ2n) is 6.28. The number of fused-ring (bicyclic) bond motifs is 1. The van der Waals surface area contributed by atoms with Gasteiger partial charge in [0.15, 0.2) is 0 Å². The third kappa shape index (κ3) is 2.88. The maximum atomic E-state index is 12.6. The standard InChI is InChI=1S/C18H18N4O3/c1-11-14-4-5-19-17(14)20-8-15(11)21-18(24)12-7-16(23)22(9-12)10-13-3-2-6-25-13/h2-6,8,12H,7,9-10H2,1H3,(H,19,20)(H,21,24). The zero-order valence-corrected chi connectivity index (χ0v) is 13.8. The van der Waals surface area contributed by atoms with E-state index in [9.17, 15) is 9.59 Å². The van der Waals surface area contributed by atoms with Gasteiger partial charge in [-0.1, -0.05) is 0 Å². The van der Waals surface area contributed by atoms with Crippen molar-refractivity contribution >= 4 is 28.5 Å². The average molecular weight is 338 g/mol. The highest BCUT2D eigenvalue weighted by molar-refractivity contribution is 5.99. The van der Waals surface area contributed by atoms with Crippen LogP contribution in [0.1, 0.15) is 17.7 Å². The van der Waals surface area contributed by atoms with Gasteiger partial charge in [-0.2, -0.15) is 0 Å². The molecule has 1 atom stereocenters. The van der Waals surface area contributed by atoms with Gasteiger partial charge in [-0.05, 0) is 30.7 Å². The van der Waals surface area contributed by atoms with E-state index < -0.39 is 0 Å². The molecule has 0 saturated carbocycles. The first-order valence-corrected chi connectivity index (χ1v) is 8.15. The van der Waals surface area contributed by atoms with Gasteiger partial charge in [-0.25, -0.2) is 4.98 Å². The van der Waals surface area contributed by atoms with Crippen LogP contribution in [-0.2, 0) is 16.1 Å². The highest BCUT2D eigenvalue weighted by Crippen LogP contribution is 2.25. The quantitative estimate of drug-likeness (QED) is 0.764. The summed E-state index contributed by atoms with van der Waals surface area (Å²) in [4.78, 5) is 33.8. The van der Waals surface area contributed by atoms with Gasteiger partial charge in [0.25, 0.3) is 0 Å². The summed E-state index contributed by atoms with van der Waals surface area (Å²) in [6.45, 7) is 2.73. The van der Waals surface area contributed by atoms with Crippen LogP contribution in [-0.4, -0.2) is 33.2 Å². The van der Waals surface area contributed by atoms with Gasteiger partial charge in [-0.15, -0.1) is 0 Å². The number of carbonyl (C=O) groups is 2. The summed E-state index contributed by atoms with van der Waals surface area (Å²) in [7, 11) is 0. The molecule has 3 aromatic rings. The number of pyridine rings is 1. The van der Waals surface area contributed by atoms with Gasteiger partial charge in [0, 0.05) is 24.5 Å². The van der Waals surface area contributed by atoms with Crippen molar-refractivity contribution in [1.29, 1.82) is 0 Å². The third-order valence-electron chi connectivity index (χ3n) is 4.63. The van der Waals surface area contributed by atoms with Crippen molar-refractivity contribution in [2.45, 2.75) is 19.9 Å². The molecular weight excluding hydrogens is 320 g/mol. The Bertz CT molecular complexity index is 929. The summed E-state index contributed by atoms with van der Waals surface area (Å²) >= 11 is 0. The monoisotopic (exact) mass is 338 g/mol. The van der Waals surface area contributed by atoms with Crippen LogP contribution in [0, 0.1) is 12.8 Å². The Morgan fingerprint density at radius 2 is 2.36 bits per heavy atom. The number of likely N-dealkylation sites (tertiary alicyclic amines) is 1. The van der Waals surface area contributed by atoms with Crippen LogP contribution in [0.5, 0.6) is 0 Å². The summed E-state index contributed by atoms with van der Waals surface area (Å²) in [5.74, 6) is 0.152. The van der Waals surface area contributed by atoms with Crippen LogP contribution in [0.25, 0.3) is 11.0 Å². The van der Waals surface area contributed by atoms with Crippen LogP contribution < -0.4 is 5.32 Å². The van der Waals surface area contributed by atoms with Crippen molar-refractivity contribution < 1.29 is 14.0 Å². The van der Waals surface area contributed by atoms with Crippen LogP contribution in [0.15, 0.2) is 41.3 Å². The topological polar surface area (TPSA) is 91.2 Å². The summed E-state index contributed by atoms with van der Waals surface area (Å²) in [6.07, 6.45) is 5.25. The molecule has 2 amide bonds. The Hall–Kier alpha value is -3.09. The van der Waals surface area contributed by atoms with Crippen LogP contribution in [0.2, 0.25) is 0 Å². The lowest BCUT2D eigenvalue weighted by Gasteiger charge is -2.15. The number of hydrogen-bond donors (Lipinski definition) is 2. The van der Waals surface area contributed by atoms with Crippen molar-refractivity contribution in [2.24, 2.45) is 5.92 Å². The van der Waals surface area contributed by atoms with E-state index in [1.54, 1.807) is 23.4 Å². The first kappa shape index (κ1) is 15.4. The molecule has 1 fully saturated rings. The molecule has 0 aliphatic carbocycles. The highest BCUT2D eigenvalue weighted by atomic mass is 16.3. The Morgan fingerprint density at radius 3 is 3.16 bits per heavy atom. The number of anilines is 1. The predicted molar refractivity (Wildman–Crippen MR) is 91.7 cm³/mol. The Labute approximate surface area is 144 Å². The lowest BCUT2D eigenvalue weighted by atomic mass is 10.1. The number of furan rings is 1. The molecule has 0 spiro atoms. The number of aromatic amines is 1.